The minimum atomic E-state index is -3.84. The topological polar surface area (TPSA) is 57.7 Å². The van der Waals surface area contributed by atoms with E-state index in [1.165, 1.54) is 24.1 Å². The van der Waals surface area contributed by atoms with Crippen molar-refractivity contribution >= 4 is 54.8 Å². The van der Waals surface area contributed by atoms with Gasteiger partial charge in [-0.15, -0.1) is 0 Å². The Bertz CT molecular complexity index is 1130. The quantitative estimate of drug-likeness (QED) is 0.491. The number of halogens is 2. The second kappa shape index (κ2) is 8.57. The molecule has 0 aliphatic heterocycles. The Kier molecular flexibility index (Phi) is 6.31. The summed E-state index contributed by atoms with van der Waals surface area (Å²) in [7, 11) is -0.739. The van der Waals surface area contributed by atoms with E-state index < -0.39 is 10.0 Å². The van der Waals surface area contributed by atoms with Crippen LogP contribution in [0.25, 0.3) is 0 Å². The number of sulfonamides is 1. The highest BCUT2D eigenvalue weighted by atomic mass is 79.9. The van der Waals surface area contributed by atoms with E-state index in [4.69, 9.17) is 11.6 Å². The molecule has 0 unspecified atom stereocenters. The van der Waals surface area contributed by atoms with Crippen LogP contribution in [0.2, 0.25) is 5.02 Å². The lowest BCUT2D eigenvalue weighted by Gasteiger charge is -2.21. The number of carbonyl (C=O) groups excluding carboxylic acids is 1. The maximum absolute atomic E-state index is 13.0. The molecule has 0 aliphatic rings. The van der Waals surface area contributed by atoms with E-state index in [2.05, 4.69) is 15.9 Å². The van der Waals surface area contributed by atoms with E-state index in [0.29, 0.717) is 16.4 Å². The molecule has 0 aromatic heterocycles. The lowest BCUT2D eigenvalue weighted by molar-refractivity contribution is 0.0993. The molecule has 0 spiro atoms. The summed E-state index contributed by atoms with van der Waals surface area (Å²) in [6, 6.07) is 19.8. The number of rotatable bonds is 5. The Balaban J connectivity index is 1.90. The number of anilines is 2. The molecule has 0 aliphatic carbocycles. The Morgan fingerprint density at radius 2 is 1.48 bits per heavy atom. The number of hydrogen-bond donors (Lipinski definition) is 0. The van der Waals surface area contributed by atoms with Crippen molar-refractivity contribution in [3.8, 4) is 0 Å². The van der Waals surface area contributed by atoms with E-state index in [1.54, 1.807) is 55.6 Å². The van der Waals surface area contributed by atoms with Crippen LogP contribution in [-0.2, 0) is 10.0 Å². The first-order valence-corrected chi connectivity index (χ1v) is 11.2. The van der Waals surface area contributed by atoms with Crippen LogP contribution in [0.5, 0.6) is 0 Å². The summed E-state index contributed by atoms with van der Waals surface area (Å²) in [5, 5.41) is 0.517. The highest BCUT2D eigenvalue weighted by molar-refractivity contribution is 9.10. The highest BCUT2D eigenvalue weighted by Crippen LogP contribution is 2.25. The van der Waals surface area contributed by atoms with Gasteiger partial charge >= 0.3 is 0 Å². The molecule has 1 amide bonds. The van der Waals surface area contributed by atoms with Gasteiger partial charge in [0.2, 0.25) is 0 Å². The van der Waals surface area contributed by atoms with Gasteiger partial charge in [-0.3, -0.25) is 9.10 Å². The SMILES string of the molecule is CN(C(=O)c1cccc(S(=O)(=O)N(C)c2ccc(Cl)cc2)c1)c1ccc(Br)cc1. The lowest BCUT2D eigenvalue weighted by Crippen LogP contribution is -2.28. The fourth-order valence-corrected chi connectivity index (χ4v) is 4.35. The van der Waals surface area contributed by atoms with E-state index in [0.717, 1.165) is 8.78 Å². The molecule has 0 heterocycles. The number of hydrogen-bond acceptors (Lipinski definition) is 3. The van der Waals surface area contributed by atoms with Crippen molar-refractivity contribution in [3.05, 3.63) is 87.9 Å². The van der Waals surface area contributed by atoms with Crippen LogP contribution >= 0.6 is 27.5 Å². The van der Waals surface area contributed by atoms with Gasteiger partial charge in [0.25, 0.3) is 15.9 Å². The van der Waals surface area contributed by atoms with Crippen molar-refractivity contribution in [3.63, 3.8) is 0 Å². The molecule has 150 valence electrons. The maximum Gasteiger partial charge on any atom is 0.264 e. The minimum Gasteiger partial charge on any atom is -0.311 e. The van der Waals surface area contributed by atoms with Crippen LogP contribution in [0, 0.1) is 0 Å². The second-order valence-corrected chi connectivity index (χ2v) is 9.64. The van der Waals surface area contributed by atoms with Gasteiger partial charge in [-0.25, -0.2) is 8.42 Å². The maximum atomic E-state index is 13.0. The van der Waals surface area contributed by atoms with Gasteiger partial charge in [0.1, 0.15) is 0 Å². The predicted octanol–water partition coefficient (Wildman–Crippen LogP) is 5.20. The van der Waals surface area contributed by atoms with E-state index >= 15 is 0 Å². The Labute approximate surface area is 183 Å². The predicted molar refractivity (Wildman–Crippen MR) is 120 cm³/mol. The van der Waals surface area contributed by atoms with Crippen LogP contribution in [0.15, 0.2) is 82.2 Å². The lowest BCUT2D eigenvalue weighted by atomic mass is 10.2. The van der Waals surface area contributed by atoms with Crippen molar-refractivity contribution in [2.45, 2.75) is 4.90 Å². The van der Waals surface area contributed by atoms with Crippen molar-refractivity contribution in [2.75, 3.05) is 23.3 Å². The summed E-state index contributed by atoms with van der Waals surface area (Å²) >= 11 is 9.24. The summed E-state index contributed by atoms with van der Waals surface area (Å²) < 4.78 is 28.1. The Morgan fingerprint density at radius 1 is 0.897 bits per heavy atom. The molecule has 3 aromatic carbocycles. The van der Waals surface area contributed by atoms with Gasteiger partial charge < -0.3 is 4.90 Å². The van der Waals surface area contributed by atoms with Gasteiger partial charge in [0, 0.05) is 34.8 Å². The molecule has 0 atom stereocenters. The van der Waals surface area contributed by atoms with Gasteiger partial charge in [-0.1, -0.05) is 33.6 Å². The zero-order valence-electron chi connectivity index (χ0n) is 15.7. The smallest absolute Gasteiger partial charge is 0.264 e. The third-order valence-corrected chi connectivity index (χ3v) is 7.01. The monoisotopic (exact) mass is 492 g/mol. The summed E-state index contributed by atoms with van der Waals surface area (Å²) in [4.78, 5) is 14.4. The van der Waals surface area contributed by atoms with Crippen LogP contribution in [0.1, 0.15) is 10.4 Å². The first kappa shape index (κ1) is 21.4. The molecule has 3 aromatic rings. The van der Waals surface area contributed by atoms with Gasteiger partial charge in [-0.05, 0) is 66.7 Å². The zero-order valence-corrected chi connectivity index (χ0v) is 18.9. The molecule has 3 rings (SSSR count). The zero-order chi connectivity index (χ0) is 21.2. The standard InChI is InChI=1S/C21H18BrClN2O3S/c1-24(18-10-6-16(22)7-11-18)21(26)15-4-3-5-20(14-15)29(27,28)25(2)19-12-8-17(23)9-13-19/h3-14H,1-2H3. The van der Waals surface area contributed by atoms with Crippen molar-refractivity contribution < 1.29 is 13.2 Å². The fourth-order valence-electron chi connectivity index (χ4n) is 2.71. The second-order valence-electron chi connectivity index (χ2n) is 6.32. The summed E-state index contributed by atoms with van der Waals surface area (Å²) in [6.07, 6.45) is 0. The van der Waals surface area contributed by atoms with Crippen molar-refractivity contribution in [1.82, 2.24) is 0 Å². The fraction of sp³-hybridized carbons (Fsp3) is 0.0952. The third-order valence-electron chi connectivity index (χ3n) is 4.45. The molecule has 0 bridgehead atoms. The van der Waals surface area contributed by atoms with E-state index in [-0.39, 0.29) is 16.4 Å². The average Bonchev–Trinajstić information content (AvgIpc) is 2.73. The number of benzene rings is 3. The first-order chi connectivity index (χ1) is 13.7. The molecule has 0 radical (unpaired) electrons. The Hall–Kier alpha value is -2.35. The molecule has 0 saturated heterocycles. The Morgan fingerprint density at radius 3 is 2.10 bits per heavy atom. The molecular weight excluding hydrogens is 476 g/mol. The summed E-state index contributed by atoms with van der Waals surface area (Å²) in [6.45, 7) is 0. The van der Waals surface area contributed by atoms with Gasteiger partial charge in [0.05, 0.1) is 10.6 Å². The molecule has 5 nitrogen and oxygen atoms in total. The molecule has 0 saturated carbocycles. The first-order valence-electron chi connectivity index (χ1n) is 8.58. The van der Waals surface area contributed by atoms with Crippen LogP contribution < -0.4 is 9.21 Å². The van der Waals surface area contributed by atoms with E-state index in [9.17, 15) is 13.2 Å². The molecular formula is C21H18BrClN2O3S. The van der Waals surface area contributed by atoms with Gasteiger partial charge in [-0.2, -0.15) is 0 Å². The average molecular weight is 494 g/mol. The number of nitrogens with zero attached hydrogens (tertiary/aromatic N) is 2. The molecule has 0 N–H and O–H groups in total. The summed E-state index contributed by atoms with van der Waals surface area (Å²) in [5.74, 6) is -0.307. The summed E-state index contributed by atoms with van der Waals surface area (Å²) in [5.41, 5.74) is 1.45. The van der Waals surface area contributed by atoms with Crippen LogP contribution in [-0.4, -0.2) is 28.4 Å². The minimum absolute atomic E-state index is 0.0324. The third kappa shape index (κ3) is 4.63. The van der Waals surface area contributed by atoms with Crippen LogP contribution in [0.3, 0.4) is 0 Å². The number of carbonyl (C=O) groups is 1. The molecule has 8 heteroatoms. The van der Waals surface area contributed by atoms with Gasteiger partial charge in [0.15, 0.2) is 0 Å². The van der Waals surface area contributed by atoms with E-state index in [1.807, 2.05) is 12.1 Å². The number of amides is 1. The largest absolute Gasteiger partial charge is 0.311 e. The molecule has 29 heavy (non-hydrogen) atoms. The molecule has 0 fully saturated rings. The van der Waals surface area contributed by atoms with Crippen molar-refractivity contribution in [1.29, 1.82) is 0 Å². The van der Waals surface area contributed by atoms with Crippen LogP contribution in [0.4, 0.5) is 11.4 Å². The van der Waals surface area contributed by atoms with Crippen molar-refractivity contribution in [2.24, 2.45) is 0 Å². The highest BCUT2D eigenvalue weighted by Gasteiger charge is 2.23. The normalized spacial score (nSPS) is 11.2.